The van der Waals surface area contributed by atoms with Gasteiger partial charge in [0.2, 0.25) is 5.91 Å². The molecule has 0 saturated carbocycles. The van der Waals surface area contributed by atoms with Gasteiger partial charge in [-0.3, -0.25) is 4.79 Å². The number of thiophene rings is 1. The zero-order valence-electron chi connectivity index (χ0n) is 11.3. The third-order valence-corrected chi connectivity index (χ3v) is 4.67. The Bertz CT molecular complexity index is 493. The summed E-state index contributed by atoms with van der Waals surface area (Å²) >= 11 is 1.21. The average molecular weight is 281 g/mol. The van der Waals surface area contributed by atoms with Crippen LogP contribution in [0.25, 0.3) is 0 Å². The van der Waals surface area contributed by atoms with Gasteiger partial charge in [-0.25, -0.2) is 4.79 Å². The third kappa shape index (κ3) is 3.35. The summed E-state index contributed by atoms with van der Waals surface area (Å²) in [6.07, 6.45) is 2.42. The summed E-state index contributed by atoms with van der Waals surface area (Å²) in [4.78, 5) is 25.3. The van der Waals surface area contributed by atoms with Crippen LogP contribution in [0, 0.1) is 5.41 Å². The quantitative estimate of drug-likeness (QED) is 0.926. The number of hydrogen-bond acceptors (Lipinski definition) is 3. The maximum atomic E-state index is 12.1. The number of likely N-dealkylation sites (tertiary alicyclic amines) is 1. The van der Waals surface area contributed by atoms with Crippen molar-refractivity contribution in [2.75, 3.05) is 6.54 Å². The van der Waals surface area contributed by atoms with Crippen molar-refractivity contribution < 1.29 is 14.7 Å². The summed E-state index contributed by atoms with van der Waals surface area (Å²) in [6, 6.07) is 1.80. The molecule has 1 aromatic rings. The second-order valence-corrected chi connectivity index (χ2v) is 6.73. The van der Waals surface area contributed by atoms with E-state index in [-0.39, 0.29) is 11.3 Å². The van der Waals surface area contributed by atoms with Gasteiger partial charge < -0.3 is 10.0 Å². The van der Waals surface area contributed by atoms with Gasteiger partial charge >= 0.3 is 5.97 Å². The summed E-state index contributed by atoms with van der Waals surface area (Å²) in [7, 11) is 0. The Morgan fingerprint density at radius 1 is 1.47 bits per heavy atom. The molecule has 1 aromatic heterocycles. The molecule has 0 aliphatic carbocycles. The lowest BCUT2D eigenvalue weighted by molar-refractivity contribution is -0.131. The topological polar surface area (TPSA) is 57.6 Å². The normalized spacial score (nSPS) is 19.3. The molecule has 0 unspecified atom stereocenters. The highest BCUT2D eigenvalue weighted by Gasteiger charge is 2.28. The number of hydrogen-bond donors (Lipinski definition) is 1. The number of carbonyl (C=O) groups excluding carboxylic acids is 1. The second kappa shape index (κ2) is 5.33. The fraction of sp³-hybridized carbons (Fsp3) is 0.571. The molecule has 1 N–H and O–H groups in total. The van der Waals surface area contributed by atoms with E-state index in [1.165, 1.54) is 11.3 Å². The predicted molar refractivity (Wildman–Crippen MR) is 74.3 cm³/mol. The van der Waals surface area contributed by atoms with Gasteiger partial charge in [0.05, 0.1) is 0 Å². The summed E-state index contributed by atoms with van der Waals surface area (Å²) in [5.41, 5.74) is 0.930. The van der Waals surface area contributed by atoms with Crippen molar-refractivity contribution in [2.24, 2.45) is 5.41 Å². The monoisotopic (exact) mass is 281 g/mol. The van der Waals surface area contributed by atoms with Gasteiger partial charge in [0.25, 0.3) is 0 Å². The van der Waals surface area contributed by atoms with Crippen LogP contribution < -0.4 is 0 Å². The van der Waals surface area contributed by atoms with Crippen LogP contribution in [0.3, 0.4) is 0 Å². The Kier molecular flexibility index (Phi) is 3.94. The number of rotatable bonds is 3. The molecule has 0 bridgehead atoms. The number of nitrogens with zero attached hydrogens (tertiary/aromatic N) is 1. The summed E-state index contributed by atoms with van der Waals surface area (Å²) in [6.45, 7) is 5.48. The number of aromatic carboxylic acids is 1. The van der Waals surface area contributed by atoms with Crippen LogP contribution in [0.15, 0.2) is 11.4 Å². The van der Waals surface area contributed by atoms with E-state index >= 15 is 0 Å². The Hall–Kier alpha value is -1.36. The predicted octanol–water partition coefficient (Wildman–Crippen LogP) is 2.99. The summed E-state index contributed by atoms with van der Waals surface area (Å²) in [5, 5.41) is 10.9. The van der Waals surface area contributed by atoms with Crippen LogP contribution in [0.2, 0.25) is 0 Å². The third-order valence-electron chi connectivity index (χ3n) is 3.73. The molecule has 0 radical (unpaired) electrons. The van der Waals surface area contributed by atoms with Crippen LogP contribution in [0.4, 0.5) is 0 Å². The molecule has 4 nitrogen and oxygen atoms in total. The minimum Gasteiger partial charge on any atom is -0.477 e. The van der Waals surface area contributed by atoms with E-state index < -0.39 is 5.97 Å². The van der Waals surface area contributed by atoms with Crippen molar-refractivity contribution >= 4 is 23.2 Å². The molecule has 1 amide bonds. The van der Waals surface area contributed by atoms with Crippen molar-refractivity contribution in [2.45, 2.75) is 39.7 Å². The molecular formula is C14H19NO3S. The van der Waals surface area contributed by atoms with Crippen molar-refractivity contribution in [3.8, 4) is 0 Å². The highest BCUT2D eigenvalue weighted by Crippen LogP contribution is 2.31. The molecule has 19 heavy (non-hydrogen) atoms. The maximum Gasteiger partial charge on any atom is 0.346 e. The van der Waals surface area contributed by atoms with Gasteiger partial charge in [-0.2, -0.15) is 0 Å². The Morgan fingerprint density at radius 3 is 2.89 bits per heavy atom. The van der Waals surface area contributed by atoms with Crippen LogP contribution in [0.1, 0.15) is 48.3 Å². The van der Waals surface area contributed by atoms with Gasteiger partial charge in [0.15, 0.2) is 0 Å². The molecule has 0 spiro atoms. The van der Waals surface area contributed by atoms with Gasteiger partial charge in [-0.1, -0.05) is 13.8 Å². The minimum absolute atomic E-state index is 0.133. The molecule has 0 aromatic carbocycles. The van der Waals surface area contributed by atoms with E-state index in [4.69, 9.17) is 5.11 Å². The average Bonchev–Trinajstić information content (AvgIpc) is 2.75. The molecular weight excluding hydrogens is 262 g/mol. The summed E-state index contributed by atoms with van der Waals surface area (Å²) < 4.78 is 0. The van der Waals surface area contributed by atoms with Crippen molar-refractivity contribution in [1.29, 1.82) is 0 Å². The van der Waals surface area contributed by atoms with Gasteiger partial charge in [0, 0.05) is 19.5 Å². The first-order chi connectivity index (χ1) is 8.89. The van der Waals surface area contributed by atoms with Crippen molar-refractivity contribution in [3.05, 3.63) is 21.9 Å². The molecule has 2 heterocycles. The highest BCUT2D eigenvalue weighted by molar-refractivity contribution is 7.12. The lowest BCUT2D eigenvalue weighted by Crippen LogP contribution is -2.30. The van der Waals surface area contributed by atoms with Crippen LogP contribution in [-0.4, -0.2) is 28.4 Å². The van der Waals surface area contributed by atoms with Crippen LogP contribution in [-0.2, 0) is 11.3 Å². The first-order valence-corrected chi connectivity index (χ1v) is 7.34. The SMILES string of the molecule is CC1(C)CCC(=O)N(Cc2ccsc2C(=O)O)CC1. The second-order valence-electron chi connectivity index (χ2n) is 5.81. The number of carboxylic acids is 1. The number of amides is 1. The van der Waals surface area contributed by atoms with E-state index in [0.717, 1.165) is 18.4 Å². The fourth-order valence-electron chi connectivity index (χ4n) is 2.31. The molecule has 1 aliphatic heterocycles. The smallest absolute Gasteiger partial charge is 0.346 e. The number of carbonyl (C=O) groups is 2. The largest absolute Gasteiger partial charge is 0.477 e. The minimum atomic E-state index is -0.910. The molecule has 0 atom stereocenters. The van der Waals surface area contributed by atoms with Gasteiger partial charge in [0.1, 0.15) is 4.88 Å². The Morgan fingerprint density at radius 2 is 2.21 bits per heavy atom. The standard InChI is InChI=1S/C14H19NO3S/c1-14(2)5-3-11(16)15(7-6-14)9-10-4-8-19-12(10)13(17)18/h4,8H,3,5-7,9H2,1-2H3,(H,17,18). The summed E-state index contributed by atoms with van der Waals surface area (Å²) in [5.74, 6) is -0.777. The Balaban J connectivity index is 2.11. The number of carboxylic acid groups (broad SMARTS) is 1. The molecule has 5 heteroatoms. The molecule has 104 valence electrons. The molecule has 1 aliphatic rings. The van der Waals surface area contributed by atoms with E-state index in [0.29, 0.717) is 24.4 Å². The first-order valence-electron chi connectivity index (χ1n) is 6.46. The lowest BCUT2D eigenvalue weighted by Gasteiger charge is -2.23. The van der Waals surface area contributed by atoms with Gasteiger partial charge in [-0.15, -0.1) is 11.3 Å². The molecule has 1 fully saturated rings. The highest BCUT2D eigenvalue weighted by atomic mass is 32.1. The van der Waals surface area contributed by atoms with E-state index in [9.17, 15) is 9.59 Å². The van der Waals surface area contributed by atoms with Crippen molar-refractivity contribution in [3.63, 3.8) is 0 Å². The fourth-order valence-corrected chi connectivity index (χ4v) is 3.06. The first kappa shape index (κ1) is 14.1. The van der Waals surface area contributed by atoms with E-state index in [1.807, 2.05) is 0 Å². The van der Waals surface area contributed by atoms with Crippen LogP contribution in [0.5, 0.6) is 0 Å². The van der Waals surface area contributed by atoms with Crippen LogP contribution >= 0.6 is 11.3 Å². The molecule has 1 saturated heterocycles. The zero-order valence-corrected chi connectivity index (χ0v) is 12.1. The molecule has 2 rings (SSSR count). The lowest BCUT2D eigenvalue weighted by atomic mass is 9.85. The maximum absolute atomic E-state index is 12.1. The van der Waals surface area contributed by atoms with Crippen molar-refractivity contribution in [1.82, 2.24) is 4.90 Å². The zero-order chi connectivity index (χ0) is 14.0. The Labute approximate surface area is 117 Å². The van der Waals surface area contributed by atoms with E-state index in [2.05, 4.69) is 13.8 Å². The van der Waals surface area contributed by atoms with E-state index in [1.54, 1.807) is 16.3 Å². The van der Waals surface area contributed by atoms with Gasteiger partial charge in [-0.05, 0) is 35.3 Å².